The van der Waals surface area contributed by atoms with Gasteiger partial charge in [0.1, 0.15) is 0 Å². The first-order chi connectivity index (χ1) is 9.74. The average Bonchev–Trinajstić information content (AvgIpc) is 2.94. The number of nitrogens with one attached hydrogen (secondary N) is 1. The molecule has 2 fully saturated rings. The Hall–Kier alpha value is -0.880. The highest BCUT2D eigenvalue weighted by Crippen LogP contribution is 2.25. The van der Waals surface area contributed by atoms with Crippen LogP contribution in [0.25, 0.3) is 0 Å². The van der Waals surface area contributed by atoms with Crippen LogP contribution in [0.3, 0.4) is 0 Å². The number of carbonyl (C=O) groups excluding carboxylic acids is 1. The Morgan fingerprint density at radius 3 is 2.75 bits per heavy atom. The van der Waals surface area contributed by atoms with E-state index in [0.717, 1.165) is 56.3 Å². The Morgan fingerprint density at radius 1 is 1.35 bits per heavy atom. The Morgan fingerprint density at radius 2 is 2.15 bits per heavy atom. The molecule has 1 aromatic rings. The molecule has 1 unspecified atom stereocenters. The largest absolute Gasteiger partial charge is 0.342 e. The molecule has 0 spiro atoms. The van der Waals surface area contributed by atoms with Gasteiger partial charge in [-0.05, 0) is 48.2 Å². The zero-order chi connectivity index (χ0) is 13.9. The molecule has 0 aromatic carbocycles. The van der Waals surface area contributed by atoms with Crippen molar-refractivity contribution in [3.63, 3.8) is 0 Å². The van der Waals surface area contributed by atoms with Crippen LogP contribution in [0.1, 0.15) is 31.7 Å². The number of halogens is 1. The molecular weight excluding hydrogens is 320 g/mol. The van der Waals surface area contributed by atoms with Crippen molar-refractivity contribution in [3.8, 4) is 0 Å². The number of amides is 1. The second-order valence-corrected chi connectivity index (χ2v) is 6.65. The number of hydrogen-bond donors (Lipinski definition) is 1. The molecule has 1 amide bonds. The molecule has 0 radical (unpaired) electrons. The van der Waals surface area contributed by atoms with Crippen molar-refractivity contribution in [2.75, 3.05) is 26.2 Å². The predicted octanol–water partition coefficient (Wildman–Crippen LogP) is 1.81. The Bertz CT molecular complexity index is 461. The highest BCUT2D eigenvalue weighted by molar-refractivity contribution is 9.10. The molecule has 1 N–H and O–H groups in total. The van der Waals surface area contributed by atoms with Crippen molar-refractivity contribution >= 4 is 21.8 Å². The summed E-state index contributed by atoms with van der Waals surface area (Å²) in [6.45, 7) is 3.62. The maximum Gasteiger partial charge on any atom is 0.226 e. The molecule has 1 atom stereocenters. The first kappa shape index (κ1) is 14.1. The molecule has 2 saturated heterocycles. The zero-order valence-electron chi connectivity index (χ0n) is 11.6. The smallest absolute Gasteiger partial charge is 0.226 e. The summed E-state index contributed by atoms with van der Waals surface area (Å²) in [5.74, 6) is 0.538. The average molecular weight is 341 g/mol. The number of hydrogen-bond acceptors (Lipinski definition) is 3. The Labute approximate surface area is 127 Å². The van der Waals surface area contributed by atoms with Gasteiger partial charge in [-0.3, -0.25) is 9.48 Å². The monoisotopic (exact) mass is 340 g/mol. The van der Waals surface area contributed by atoms with Crippen LogP contribution >= 0.6 is 15.9 Å². The fourth-order valence-electron chi connectivity index (χ4n) is 3.19. The summed E-state index contributed by atoms with van der Waals surface area (Å²) < 4.78 is 3.04. The van der Waals surface area contributed by atoms with Crippen LogP contribution in [0.4, 0.5) is 0 Å². The van der Waals surface area contributed by atoms with Gasteiger partial charge in [-0.2, -0.15) is 5.10 Å². The third-order valence-corrected chi connectivity index (χ3v) is 4.78. The lowest BCUT2D eigenvalue weighted by Crippen LogP contribution is -2.46. The lowest BCUT2D eigenvalue weighted by Gasteiger charge is -2.35. The molecular formula is C14H21BrN4O. The minimum atomic E-state index is 0.194. The van der Waals surface area contributed by atoms with Gasteiger partial charge >= 0.3 is 0 Å². The summed E-state index contributed by atoms with van der Waals surface area (Å²) in [7, 11) is 0. The highest BCUT2D eigenvalue weighted by Gasteiger charge is 2.29. The summed E-state index contributed by atoms with van der Waals surface area (Å²) in [5, 5.41) is 7.68. The minimum Gasteiger partial charge on any atom is -0.342 e. The van der Waals surface area contributed by atoms with Crippen LogP contribution in [-0.2, 0) is 4.79 Å². The number of piperidine rings is 2. The van der Waals surface area contributed by atoms with E-state index in [-0.39, 0.29) is 5.92 Å². The third kappa shape index (κ3) is 3.06. The van der Waals surface area contributed by atoms with Crippen LogP contribution in [0, 0.1) is 5.92 Å². The van der Waals surface area contributed by atoms with E-state index in [4.69, 9.17) is 0 Å². The molecule has 3 heterocycles. The number of rotatable bonds is 2. The van der Waals surface area contributed by atoms with Gasteiger partial charge in [0.25, 0.3) is 0 Å². The molecule has 6 heteroatoms. The van der Waals surface area contributed by atoms with E-state index in [9.17, 15) is 4.79 Å². The quantitative estimate of drug-likeness (QED) is 0.893. The van der Waals surface area contributed by atoms with E-state index in [1.54, 1.807) is 0 Å². The maximum absolute atomic E-state index is 12.5. The predicted molar refractivity (Wildman–Crippen MR) is 80.4 cm³/mol. The molecule has 5 nitrogen and oxygen atoms in total. The van der Waals surface area contributed by atoms with Crippen molar-refractivity contribution in [2.45, 2.75) is 31.7 Å². The molecule has 3 rings (SSSR count). The standard InChI is InChI=1S/C14H21BrN4O/c15-12-9-17-19(10-12)13-3-6-18(7-4-13)14(20)11-2-1-5-16-8-11/h9-11,13,16H,1-8H2. The molecule has 20 heavy (non-hydrogen) atoms. The lowest BCUT2D eigenvalue weighted by molar-refractivity contribution is -0.137. The summed E-state index contributed by atoms with van der Waals surface area (Å²) in [6.07, 6.45) is 8.00. The normalized spacial score (nSPS) is 24.9. The van der Waals surface area contributed by atoms with Crippen molar-refractivity contribution in [1.29, 1.82) is 0 Å². The van der Waals surface area contributed by atoms with E-state index in [2.05, 4.69) is 26.3 Å². The SMILES string of the molecule is O=C(C1CCCNC1)N1CCC(n2cc(Br)cn2)CC1. The van der Waals surface area contributed by atoms with Gasteiger partial charge in [-0.1, -0.05) is 0 Å². The van der Waals surface area contributed by atoms with Gasteiger partial charge in [0.2, 0.25) is 5.91 Å². The van der Waals surface area contributed by atoms with E-state index < -0.39 is 0 Å². The van der Waals surface area contributed by atoms with Crippen LogP contribution < -0.4 is 5.32 Å². The second kappa shape index (κ2) is 6.26. The summed E-state index contributed by atoms with van der Waals surface area (Å²) in [5.41, 5.74) is 0. The lowest BCUT2D eigenvalue weighted by atomic mass is 9.96. The first-order valence-electron chi connectivity index (χ1n) is 7.43. The van der Waals surface area contributed by atoms with Gasteiger partial charge in [-0.25, -0.2) is 0 Å². The molecule has 0 saturated carbocycles. The summed E-state index contributed by atoms with van der Waals surface area (Å²) in [4.78, 5) is 14.5. The van der Waals surface area contributed by atoms with E-state index >= 15 is 0 Å². The first-order valence-corrected chi connectivity index (χ1v) is 8.22. The van der Waals surface area contributed by atoms with Crippen LogP contribution in [-0.4, -0.2) is 46.8 Å². The Balaban J connectivity index is 1.54. The van der Waals surface area contributed by atoms with E-state index in [1.165, 1.54) is 0 Å². The molecule has 0 bridgehead atoms. The number of likely N-dealkylation sites (tertiary alicyclic amines) is 1. The van der Waals surface area contributed by atoms with Gasteiger partial charge in [0.15, 0.2) is 0 Å². The fraction of sp³-hybridized carbons (Fsp3) is 0.714. The number of carbonyl (C=O) groups is 1. The molecule has 2 aliphatic rings. The van der Waals surface area contributed by atoms with Crippen LogP contribution in [0.15, 0.2) is 16.9 Å². The summed E-state index contributed by atoms with van der Waals surface area (Å²) >= 11 is 3.43. The molecule has 2 aliphatic heterocycles. The topological polar surface area (TPSA) is 50.2 Å². The highest BCUT2D eigenvalue weighted by atomic mass is 79.9. The fourth-order valence-corrected chi connectivity index (χ4v) is 3.49. The van der Waals surface area contributed by atoms with Gasteiger partial charge in [0, 0.05) is 25.8 Å². The zero-order valence-corrected chi connectivity index (χ0v) is 13.2. The third-order valence-electron chi connectivity index (χ3n) is 4.37. The van der Waals surface area contributed by atoms with Crippen molar-refractivity contribution in [1.82, 2.24) is 20.0 Å². The van der Waals surface area contributed by atoms with E-state index in [1.807, 2.05) is 22.0 Å². The summed E-state index contributed by atoms with van der Waals surface area (Å²) in [6, 6.07) is 0.426. The van der Waals surface area contributed by atoms with Crippen molar-refractivity contribution in [2.24, 2.45) is 5.92 Å². The van der Waals surface area contributed by atoms with E-state index in [0.29, 0.717) is 11.9 Å². The molecule has 0 aliphatic carbocycles. The Kier molecular flexibility index (Phi) is 4.41. The van der Waals surface area contributed by atoms with Crippen molar-refractivity contribution < 1.29 is 4.79 Å². The second-order valence-electron chi connectivity index (χ2n) is 5.74. The van der Waals surface area contributed by atoms with Gasteiger partial charge < -0.3 is 10.2 Å². The molecule has 110 valence electrons. The number of aromatic nitrogens is 2. The maximum atomic E-state index is 12.5. The minimum absolute atomic E-state index is 0.194. The van der Waals surface area contributed by atoms with Crippen LogP contribution in [0.2, 0.25) is 0 Å². The van der Waals surface area contributed by atoms with Gasteiger partial charge in [-0.15, -0.1) is 0 Å². The molecule has 1 aromatic heterocycles. The van der Waals surface area contributed by atoms with Crippen LogP contribution in [0.5, 0.6) is 0 Å². The van der Waals surface area contributed by atoms with Gasteiger partial charge in [0.05, 0.1) is 22.6 Å². The van der Waals surface area contributed by atoms with Crippen molar-refractivity contribution in [3.05, 3.63) is 16.9 Å². The number of nitrogens with zero attached hydrogens (tertiary/aromatic N) is 3.